The van der Waals surface area contributed by atoms with Crippen molar-refractivity contribution in [2.45, 2.75) is 33.0 Å². The van der Waals surface area contributed by atoms with E-state index >= 15 is 0 Å². The number of carbonyl (C=O) groups excluding carboxylic acids is 2. The molecule has 1 aliphatic heterocycles. The molecule has 1 aliphatic rings. The van der Waals surface area contributed by atoms with Gasteiger partial charge in [0.15, 0.2) is 17.7 Å². The molecule has 216 valence electrons. The number of carbonyl (C=O) groups is 2. The van der Waals surface area contributed by atoms with Crippen LogP contribution in [0.2, 0.25) is 0 Å². The third-order valence-electron chi connectivity index (χ3n) is 6.10. The minimum Gasteiger partial charge on any atom is -0.490 e. The predicted molar refractivity (Wildman–Crippen MR) is 156 cm³/mol. The molecule has 11 nitrogen and oxygen atoms in total. The molecule has 1 aromatic heterocycles. The number of aliphatic hydroxyl groups excluding tert-OH is 1. The maximum atomic E-state index is 12.4. The van der Waals surface area contributed by atoms with Crippen molar-refractivity contribution in [3.8, 4) is 22.8 Å². The Kier molecular flexibility index (Phi) is 9.69. The van der Waals surface area contributed by atoms with E-state index in [1.807, 2.05) is 38.1 Å². The molecule has 0 bridgehead atoms. The summed E-state index contributed by atoms with van der Waals surface area (Å²) in [6.07, 6.45) is 0.318. The Morgan fingerprint density at radius 3 is 2.71 bits per heavy atom. The third kappa shape index (κ3) is 7.27. The normalized spacial score (nSPS) is 15.8. The molecule has 2 amide bonds. The van der Waals surface area contributed by atoms with Crippen molar-refractivity contribution < 1.29 is 33.3 Å². The van der Waals surface area contributed by atoms with Gasteiger partial charge in [-0.25, -0.2) is 9.59 Å². The first-order chi connectivity index (χ1) is 19.7. The monoisotopic (exact) mass is 626 g/mol. The zero-order valence-electron chi connectivity index (χ0n) is 23.0. The Morgan fingerprint density at radius 1 is 1.17 bits per heavy atom. The van der Waals surface area contributed by atoms with Crippen LogP contribution < -0.4 is 25.5 Å². The van der Waals surface area contributed by atoms with Crippen molar-refractivity contribution >= 4 is 34.1 Å². The van der Waals surface area contributed by atoms with Crippen LogP contribution in [0.5, 0.6) is 11.5 Å². The number of nitrogens with zero attached hydrogens (tertiary/aromatic N) is 1. The highest BCUT2D eigenvalue weighted by molar-refractivity contribution is 9.10. The van der Waals surface area contributed by atoms with E-state index < -0.39 is 24.3 Å². The van der Waals surface area contributed by atoms with Gasteiger partial charge in [0.1, 0.15) is 18.1 Å². The van der Waals surface area contributed by atoms with Crippen LogP contribution in [0.1, 0.15) is 36.8 Å². The van der Waals surface area contributed by atoms with Crippen molar-refractivity contribution in [1.29, 1.82) is 0 Å². The molecule has 0 saturated carbocycles. The van der Waals surface area contributed by atoms with Crippen LogP contribution in [0.15, 0.2) is 73.8 Å². The van der Waals surface area contributed by atoms with Crippen molar-refractivity contribution in [1.82, 2.24) is 16.1 Å². The number of urea groups is 1. The second-order valence-corrected chi connectivity index (χ2v) is 9.95. The number of aliphatic hydroxyl groups is 1. The van der Waals surface area contributed by atoms with Crippen LogP contribution in [-0.2, 0) is 9.53 Å². The van der Waals surface area contributed by atoms with E-state index in [2.05, 4.69) is 37.1 Å². The molecule has 2 heterocycles. The second-order valence-electron chi connectivity index (χ2n) is 9.10. The molecule has 0 fully saturated rings. The number of hydrogen-bond donors (Lipinski definition) is 4. The fourth-order valence-electron chi connectivity index (χ4n) is 4.20. The summed E-state index contributed by atoms with van der Waals surface area (Å²) in [5, 5.41) is 19.7. The molecule has 4 rings (SSSR count). The number of esters is 1. The molecule has 0 unspecified atom stereocenters. The minimum absolute atomic E-state index is 0.146. The van der Waals surface area contributed by atoms with Crippen molar-refractivity contribution in [2.24, 2.45) is 5.10 Å². The second kappa shape index (κ2) is 13.4. The van der Waals surface area contributed by atoms with E-state index in [0.717, 1.165) is 15.6 Å². The number of hydrogen-bond acceptors (Lipinski definition) is 9. The first-order valence-corrected chi connectivity index (χ1v) is 13.6. The minimum atomic E-state index is -1.14. The SMILES string of the molecule is CCOc1cc([C@@H]2NC(=O)NC(C)=C2C(=O)OC)ccc1OC[C@H](O)N/N=C/c1ccc(-c2ccc(C)cc2Br)o1. The van der Waals surface area contributed by atoms with E-state index in [4.69, 9.17) is 18.6 Å². The lowest BCUT2D eigenvalue weighted by Gasteiger charge is -2.28. The van der Waals surface area contributed by atoms with Crippen LogP contribution >= 0.6 is 15.9 Å². The summed E-state index contributed by atoms with van der Waals surface area (Å²) in [7, 11) is 1.28. The van der Waals surface area contributed by atoms with Gasteiger partial charge in [0.05, 0.1) is 31.5 Å². The summed E-state index contributed by atoms with van der Waals surface area (Å²) in [5.74, 6) is 1.35. The summed E-state index contributed by atoms with van der Waals surface area (Å²) in [5.41, 5.74) is 5.91. The maximum Gasteiger partial charge on any atom is 0.337 e. The molecule has 4 N–H and O–H groups in total. The fraction of sp³-hybridized carbons (Fsp3) is 0.276. The first kappa shape index (κ1) is 29.7. The largest absolute Gasteiger partial charge is 0.490 e. The van der Waals surface area contributed by atoms with Gasteiger partial charge in [0.25, 0.3) is 0 Å². The number of halogens is 1. The summed E-state index contributed by atoms with van der Waals surface area (Å²) in [6.45, 7) is 5.65. The molecule has 2 atom stereocenters. The first-order valence-electron chi connectivity index (χ1n) is 12.8. The van der Waals surface area contributed by atoms with Gasteiger partial charge < -0.3 is 34.4 Å². The molecule has 0 aliphatic carbocycles. The number of aryl methyl sites for hydroxylation is 1. The lowest BCUT2D eigenvalue weighted by Crippen LogP contribution is -2.45. The average molecular weight is 627 g/mol. The summed E-state index contributed by atoms with van der Waals surface area (Å²) in [4.78, 5) is 24.5. The zero-order chi connectivity index (χ0) is 29.5. The van der Waals surface area contributed by atoms with Gasteiger partial charge >= 0.3 is 12.0 Å². The highest BCUT2D eigenvalue weighted by atomic mass is 79.9. The molecule has 12 heteroatoms. The number of ether oxygens (including phenoxy) is 3. The topological polar surface area (TPSA) is 144 Å². The molecule has 3 aromatic rings. The van der Waals surface area contributed by atoms with E-state index in [9.17, 15) is 14.7 Å². The van der Waals surface area contributed by atoms with E-state index in [-0.39, 0.29) is 12.2 Å². The van der Waals surface area contributed by atoms with Gasteiger partial charge in [-0.15, -0.1) is 0 Å². The highest BCUT2D eigenvalue weighted by Gasteiger charge is 2.32. The number of nitrogens with one attached hydrogen (secondary N) is 3. The lowest BCUT2D eigenvalue weighted by molar-refractivity contribution is -0.136. The summed E-state index contributed by atoms with van der Waals surface area (Å²) in [6, 6.07) is 13.4. The summed E-state index contributed by atoms with van der Waals surface area (Å²) >= 11 is 3.55. The smallest absolute Gasteiger partial charge is 0.337 e. The molecule has 2 aromatic carbocycles. The molecular formula is C29H31BrN4O7. The zero-order valence-corrected chi connectivity index (χ0v) is 24.6. The van der Waals surface area contributed by atoms with Gasteiger partial charge in [-0.2, -0.15) is 5.10 Å². The van der Waals surface area contributed by atoms with E-state index in [1.54, 1.807) is 31.2 Å². The number of furan rings is 1. The van der Waals surface area contributed by atoms with Gasteiger partial charge in [0, 0.05) is 15.7 Å². The van der Waals surface area contributed by atoms with Gasteiger partial charge in [0.2, 0.25) is 0 Å². The Hall–Kier alpha value is -4.29. The van der Waals surface area contributed by atoms with Crippen LogP contribution in [0.25, 0.3) is 11.3 Å². The fourth-order valence-corrected chi connectivity index (χ4v) is 4.88. The standard InChI is InChI=1S/C29H31BrN4O7/c1-5-39-24-13-18(27-26(28(36)38-4)17(3)32-29(37)33-27)7-10-23(24)40-15-25(35)34-31-14-19-8-11-22(41-19)20-9-6-16(2)12-21(20)30/h6-14,25,27,34-35H,5,15H2,1-4H3,(H2,32,33,37)/b31-14+/t25-,27-/m0/s1. The molecule has 0 radical (unpaired) electrons. The number of hydrazone groups is 1. The number of rotatable bonds is 11. The lowest BCUT2D eigenvalue weighted by atomic mass is 9.95. The Balaban J connectivity index is 1.40. The van der Waals surface area contributed by atoms with Crippen molar-refractivity contribution in [3.63, 3.8) is 0 Å². The molecule has 41 heavy (non-hydrogen) atoms. The maximum absolute atomic E-state index is 12.4. The Bertz CT molecular complexity index is 1480. The van der Waals surface area contributed by atoms with Crippen LogP contribution in [0.4, 0.5) is 4.79 Å². The van der Waals surface area contributed by atoms with Crippen LogP contribution in [0, 0.1) is 6.92 Å². The highest BCUT2D eigenvalue weighted by Crippen LogP contribution is 2.35. The van der Waals surface area contributed by atoms with Crippen molar-refractivity contribution in [2.75, 3.05) is 20.3 Å². The number of methoxy groups -OCH3 is 1. The Morgan fingerprint density at radius 2 is 1.98 bits per heavy atom. The van der Waals surface area contributed by atoms with Crippen molar-refractivity contribution in [3.05, 3.63) is 81.2 Å². The number of benzene rings is 2. The van der Waals surface area contributed by atoms with Gasteiger partial charge in [-0.3, -0.25) is 5.43 Å². The van der Waals surface area contributed by atoms with Crippen LogP contribution in [0.3, 0.4) is 0 Å². The summed E-state index contributed by atoms with van der Waals surface area (Å²) < 4.78 is 23.2. The van der Waals surface area contributed by atoms with E-state index in [1.165, 1.54) is 13.3 Å². The third-order valence-corrected chi connectivity index (χ3v) is 6.76. The van der Waals surface area contributed by atoms with Gasteiger partial charge in [-0.1, -0.05) is 28.1 Å². The molecule has 0 spiro atoms. The Labute approximate surface area is 245 Å². The van der Waals surface area contributed by atoms with Crippen LogP contribution in [-0.4, -0.2) is 49.9 Å². The average Bonchev–Trinajstić information content (AvgIpc) is 3.40. The number of amides is 2. The van der Waals surface area contributed by atoms with Gasteiger partial charge in [-0.05, 0) is 68.3 Å². The quantitative estimate of drug-likeness (QED) is 0.105. The number of allylic oxidation sites excluding steroid dienone is 1. The molecular weight excluding hydrogens is 596 g/mol. The molecule has 0 saturated heterocycles. The predicted octanol–water partition coefficient (Wildman–Crippen LogP) is 4.54. The van der Waals surface area contributed by atoms with E-state index in [0.29, 0.717) is 40.9 Å².